The summed E-state index contributed by atoms with van der Waals surface area (Å²) in [6.07, 6.45) is 5.31. The van der Waals surface area contributed by atoms with E-state index in [4.69, 9.17) is 21.1 Å². The van der Waals surface area contributed by atoms with E-state index < -0.39 is 11.8 Å². The number of rotatable bonds is 5. The first-order valence-electron chi connectivity index (χ1n) is 8.86. The lowest BCUT2D eigenvalue weighted by Crippen LogP contribution is -2.47. The molecule has 0 amide bonds. The fraction of sp³-hybridized carbons (Fsp3) is 0.500. The topological polar surface area (TPSA) is 52.6 Å². The van der Waals surface area contributed by atoms with E-state index >= 15 is 0 Å². The summed E-state index contributed by atoms with van der Waals surface area (Å²) in [5, 5.41) is 0.574. The van der Waals surface area contributed by atoms with Crippen molar-refractivity contribution in [1.29, 1.82) is 0 Å². The molecule has 5 heteroatoms. The Morgan fingerprint density at radius 1 is 1.04 bits per heavy atom. The van der Waals surface area contributed by atoms with Gasteiger partial charge in [0.15, 0.2) is 0 Å². The fourth-order valence-corrected chi connectivity index (χ4v) is 4.81. The average Bonchev–Trinajstić information content (AvgIpc) is 3.43. The summed E-state index contributed by atoms with van der Waals surface area (Å²) in [6.45, 7) is 2.24. The van der Waals surface area contributed by atoms with E-state index in [1.165, 1.54) is 0 Å². The van der Waals surface area contributed by atoms with E-state index in [1.807, 2.05) is 18.2 Å². The van der Waals surface area contributed by atoms with Gasteiger partial charge in [-0.15, -0.1) is 0 Å². The van der Waals surface area contributed by atoms with Gasteiger partial charge in [-0.1, -0.05) is 42.0 Å². The summed E-state index contributed by atoms with van der Waals surface area (Å²) in [5.41, 5.74) is 0.769. The summed E-state index contributed by atoms with van der Waals surface area (Å²) in [5.74, 6) is -0.224. The number of hydrogen-bond acceptors (Lipinski definition) is 4. The monoisotopic (exact) mass is 360 g/mol. The standard InChI is InChI=1S/C20H21ClO4/c1-2-24-19(22)17-12-7-8-13(15-9-14(12)15)18(17)20(23)25-10-11-5-3-4-6-16(11)21/h3-8,12-15,17-18H,2,9-10H2,1H3/t12-,13-,14-,15-,17+,18+/m0/s1. The van der Waals surface area contributed by atoms with Crippen LogP contribution in [0.5, 0.6) is 0 Å². The van der Waals surface area contributed by atoms with E-state index in [0.717, 1.165) is 12.0 Å². The Labute approximate surface area is 152 Å². The van der Waals surface area contributed by atoms with Crippen LogP contribution in [-0.2, 0) is 25.7 Å². The molecule has 0 radical (unpaired) electrons. The van der Waals surface area contributed by atoms with Crippen LogP contribution >= 0.6 is 11.6 Å². The molecule has 6 atom stereocenters. The van der Waals surface area contributed by atoms with Crippen molar-refractivity contribution >= 4 is 23.5 Å². The number of allylic oxidation sites excluding steroid dienone is 2. The first kappa shape index (κ1) is 16.6. The van der Waals surface area contributed by atoms with Crippen LogP contribution in [0.1, 0.15) is 18.9 Å². The minimum Gasteiger partial charge on any atom is -0.466 e. The minimum absolute atomic E-state index is 0.0863. The van der Waals surface area contributed by atoms with Crippen molar-refractivity contribution in [2.45, 2.75) is 20.0 Å². The molecule has 25 heavy (non-hydrogen) atoms. The van der Waals surface area contributed by atoms with Crippen molar-refractivity contribution in [2.75, 3.05) is 6.61 Å². The Bertz CT molecular complexity index is 728. The summed E-state index contributed by atoms with van der Waals surface area (Å²) >= 11 is 6.13. The molecular weight excluding hydrogens is 340 g/mol. The molecule has 132 valence electrons. The van der Waals surface area contributed by atoms with Crippen molar-refractivity contribution in [3.8, 4) is 0 Å². The molecule has 4 aliphatic rings. The predicted octanol–water partition coefficient (Wildman–Crippen LogP) is 3.63. The van der Waals surface area contributed by atoms with E-state index in [2.05, 4.69) is 12.2 Å². The van der Waals surface area contributed by atoms with E-state index in [-0.39, 0.29) is 30.4 Å². The molecule has 1 aromatic rings. The van der Waals surface area contributed by atoms with Gasteiger partial charge in [-0.25, -0.2) is 0 Å². The van der Waals surface area contributed by atoms with Crippen LogP contribution in [0.3, 0.4) is 0 Å². The zero-order valence-electron chi connectivity index (χ0n) is 14.1. The van der Waals surface area contributed by atoms with Crippen LogP contribution in [0.2, 0.25) is 5.02 Å². The second kappa shape index (κ2) is 6.49. The molecule has 2 saturated carbocycles. The lowest BCUT2D eigenvalue weighted by atomic mass is 9.62. The van der Waals surface area contributed by atoms with Gasteiger partial charge in [0.1, 0.15) is 6.61 Å². The normalized spacial score (nSPS) is 34.3. The van der Waals surface area contributed by atoms with Gasteiger partial charge in [0, 0.05) is 10.6 Å². The summed E-state index contributed by atoms with van der Waals surface area (Å²) in [7, 11) is 0. The number of hydrogen-bond donors (Lipinski definition) is 0. The van der Waals surface area contributed by atoms with Crippen molar-refractivity contribution in [3.63, 3.8) is 0 Å². The molecule has 0 aliphatic heterocycles. The Hall–Kier alpha value is -1.81. The molecule has 4 nitrogen and oxygen atoms in total. The molecule has 0 unspecified atom stereocenters. The number of carbonyl (C=O) groups is 2. The molecule has 0 saturated heterocycles. The summed E-state index contributed by atoms with van der Waals surface area (Å²) in [4.78, 5) is 25.4. The number of benzene rings is 1. The van der Waals surface area contributed by atoms with Gasteiger partial charge in [0.25, 0.3) is 0 Å². The Morgan fingerprint density at radius 3 is 2.24 bits per heavy atom. The number of fused-ring (bicyclic) bond motifs is 1. The number of esters is 2. The number of ether oxygens (including phenoxy) is 2. The molecule has 5 rings (SSSR count). The minimum atomic E-state index is -0.444. The van der Waals surface area contributed by atoms with E-state index in [0.29, 0.717) is 23.5 Å². The van der Waals surface area contributed by atoms with Crippen LogP contribution in [-0.4, -0.2) is 18.5 Å². The van der Waals surface area contributed by atoms with E-state index in [1.54, 1.807) is 13.0 Å². The van der Waals surface area contributed by atoms with Gasteiger partial charge in [0.05, 0.1) is 18.4 Å². The molecule has 0 heterocycles. The quantitative estimate of drug-likeness (QED) is 0.594. The van der Waals surface area contributed by atoms with Crippen molar-refractivity contribution in [2.24, 2.45) is 35.5 Å². The van der Waals surface area contributed by atoms with Crippen LogP contribution in [0.4, 0.5) is 0 Å². The first-order chi connectivity index (χ1) is 12.1. The third-order valence-electron chi connectivity index (χ3n) is 5.81. The highest BCUT2D eigenvalue weighted by Crippen LogP contribution is 2.63. The Morgan fingerprint density at radius 2 is 1.64 bits per heavy atom. The number of carbonyl (C=O) groups excluding carboxylic acids is 2. The maximum atomic E-state index is 12.8. The summed E-state index contributed by atoms with van der Waals surface area (Å²) in [6, 6.07) is 7.30. The first-order valence-corrected chi connectivity index (χ1v) is 9.24. The third-order valence-corrected chi connectivity index (χ3v) is 6.18. The highest BCUT2D eigenvalue weighted by atomic mass is 35.5. The predicted molar refractivity (Wildman–Crippen MR) is 92.6 cm³/mol. The highest BCUT2D eigenvalue weighted by Gasteiger charge is 2.63. The van der Waals surface area contributed by atoms with E-state index in [9.17, 15) is 9.59 Å². The van der Waals surface area contributed by atoms with Gasteiger partial charge >= 0.3 is 11.9 Å². The Balaban J connectivity index is 1.52. The SMILES string of the molecule is CCOC(=O)[C@@H]1[C@H]2C=C[C@@H]([C@@H]3C[C@@H]23)[C@H]1C(=O)OCc1ccccc1Cl. The second-order valence-corrected chi connectivity index (χ2v) is 7.51. The number of halogens is 1. The molecular formula is C20H21ClO4. The zero-order valence-corrected chi connectivity index (χ0v) is 14.8. The molecule has 2 fully saturated rings. The van der Waals surface area contributed by atoms with Crippen LogP contribution < -0.4 is 0 Å². The lowest BCUT2D eigenvalue weighted by Gasteiger charge is -2.41. The van der Waals surface area contributed by atoms with Gasteiger partial charge < -0.3 is 9.47 Å². The van der Waals surface area contributed by atoms with Gasteiger partial charge in [-0.3, -0.25) is 9.59 Å². The Kier molecular flexibility index (Phi) is 4.32. The molecule has 0 aromatic heterocycles. The molecule has 2 bridgehead atoms. The maximum absolute atomic E-state index is 12.8. The smallest absolute Gasteiger partial charge is 0.310 e. The van der Waals surface area contributed by atoms with Gasteiger partial charge in [0.2, 0.25) is 0 Å². The second-order valence-electron chi connectivity index (χ2n) is 7.11. The largest absolute Gasteiger partial charge is 0.466 e. The highest BCUT2D eigenvalue weighted by molar-refractivity contribution is 6.31. The third kappa shape index (κ3) is 2.86. The van der Waals surface area contributed by atoms with Gasteiger partial charge in [-0.2, -0.15) is 0 Å². The van der Waals surface area contributed by atoms with Crippen LogP contribution in [0, 0.1) is 35.5 Å². The van der Waals surface area contributed by atoms with Crippen LogP contribution in [0.25, 0.3) is 0 Å². The maximum Gasteiger partial charge on any atom is 0.310 e. The zero-order chi connectivity index (χ0) is 17.6. The summed E-state index contributed by atoms with van der Waals surface area (Å²) < 4.78 is 10.8. The van der Waals surface area contributed by atoms with Crippen molar-refractivity contribution in [1.82, 2.24) is 0 Å². The average molecular weight is 361 g/mol. The lowest BCUT2D eigenvalue weighted by molar-refractivity contribution is -0.168. The molecule has 4 aliphatic carbocycles. The van der Waals surface area contributed by atoms with Crippen molar-refractivity contribution < 1.29 is 19.1 Å². The molecule has 0 spiro atoms. The molecule has 1 aromatic carbocycles. The van der Waals surface area contributed by atoms with Crippen LogP contribution in [0.15, 0.2) is 36.4 Å². The molecule has 0 N–H and O–H groups in total. The van der Waals surface area contributed by atoms with Crippen molar-refractivity contribution in [3.05, 3.63) is 47.0 Å². The van der Waals surface area contributed by atoms with Gasteiger partial charge in [-0.05, 0) is 43.1 Å². The fourth-order valence-electron chi connectivity index (χ4n) is 4.62.